The molecule has 0 bridgehead atoms. The highest BCUT2D eigenvalue weighted by molar-refractivity contribution is 6.52. The lowest BCUT2D eigenvalue weighted by molar-refractivity contribution is -0.143. The Kier molecular flexibility index (Phi) is 2.85. The van der Waals surface area contributed by atoms with E-state index in [1.807, 2.05) is 0 Å². The summed E-state index contributed by atoms with van der Waals surface area (Å²) in [4.78, 5) is 23.3. The van der Waals surface area contributed by atoms with Gasteiger partial charge in [0.15, 0.2) is 0 Å². The van der Waals surface area contributed by atoms with Crippen molar-refractivity contribution in [3.8, 4) is 0 Å². The molecule has 0 saturated heterocycles. The van der Waals surface area contributed by atoms with E-state index in [0.29, 0.717) is 11.0 Å². The van der Waals surface area contributed by atoms with E-state index in [2.05, 4.69) is 0 Å². The Bertz CT molecular complexity index is 617. The highest BCUT2D eigenvalue weighted by atomic mass is 19.4. The number of amides is 1. The van der Waals surface area contributed by atoms with Crippen molar-refractivity contribution in [2.75, 3.05) is 11.9 Å². The van der Waals surface area contributed by atoms with Crippen LogP contribution in [0.4, 0.5) is 32.0 Å². The maximum atomic E-state index is 12.8. The van der Waals surface area contributed by atoms with Crippen molar-refractivity contribution in [1.29, 1.82) is 0 Å². The Morgan fingerprint density at radius 3 is 1.95 bits per heavy atom. The minimum absolute atomic E-state index is 0.164. The van der Waals surface area contributed by atoms with Gasteiger partial charge in [0, 0.05) is 7.05 Å². The number of anilines is 1. The molecule has 1 aliphatic heterocycles. The molecule has 0 saturated carbocycles. The molecular weight excluding hydrogens is 292 g/mol. The van der Waals surface area contributed by atoms with Crippen LogP contribution in [0, 0.1) is 0 Å². The fraction of sp³-hybridized carbons (Fsp3) is 0.273. The number of carbonyl (C=O) groups is 2. The number of alkyl halides is 6. The molecule has 1 aliphatic rings. The highest BCUT2D eigenvalue weighted by Gasteiger charge is 2.46. The van der Waals surface area contributed by atoms with Gasteiger partial charge in [-0.1, -0.05) is 0 Å². The van der Waals surface area contributed by atoms with Crippen LogP contribution in [0.5, 0.6) is 0 Å². The minimum atomic E-state index is -5.17. The maximum absolute atomic E-state index is 12.8. The molecule has 1 amide bonds. The molecule has 9 heteroatoms. The standard InChI is InChI=1S/C11H5F6NO2/c1-18-6-3-4(10(12,13)14)2-5(11(15,16)17)7(6)8(19)9(18)20/h2-3H,1H3. The molecule has 2 rings (SSSR count). The number of likely N-dealkylation sites (N-methyl/N-ethyl adjacent to an activating group) is 1. The van der Waals surface area contributed by atoms with Crippen molar-refractivity contribution in [2.24, 2.45) is 0 Å². The molecule has 0 atom stereocenters. The van der Waals surface area contributed by atoms with E-state index < -0.39 is 46.4 Å². The van der Waals surface area contributed by atoms with E-state index in [1.54, 1.807) is 0 Å². The molecule has 0 aliphatic carbocycles. The van der Waals surface area contributed by atoms with Gasteiger partial charge in [-0.05, 0) is 12.1 Å². The van der Waals surface area contributed by atoms with Crippen LogP contribution in [-0.4, -0.2) is 18.7 Å². The maximum Gasteiger partial charge on any atom is 0.417 e. The zero-order chi connectivity index (χ0) is 15.5. The SMILES string of the molecule is CN1C(=O)C(=O)c2c1cc(C(F)(F)F)cc2C(F)(F)F. The molecule has 1 aromatic carbocycles. The molecule has 1 heterocycles. The van der Waals surface area contributed by atoms with Gasteiger partial charge in [0.1, 0.15) is 0 Å². The van der Waals surface area contributed by atoms with Crippen LogP contribution in [0.2, 0.25) is 0 Å². The molecule has 0 spiro atoms. The summed E-state index contributed by atoms with van der Waals surface area (Å²) in [5.74, 6) is -2.77. The molecule has 0 fully saturated rings. The van der Waals surface area contributed by atoms with Gasteiger partial charge in [-0.15, -0.1) is 0 Å². The fourth-order valence-electron chi connectivity index (χ4n) is 1.89. The van der Waals surface area contributed by atoms with E-state index >= 15 is 0 Å². The average Bonchev–Trinajstić information content (AvgIpc) is 2.51. The number of ketones is 1. The monoisotopic (exact) mass is 297 g/mol. The van der Waals surface area contributed by atoms with Crippen LogP contribution in [0.1, 0.15) is 21.5 Å². The Labute approximate surface area is 107 Å². The van der Waals surface area contributed by atoms with E-state index in [4.69, 9.17) is 0 Å². The van der Waals surface area contributed by atoms with Crippen molar-refractivity contribution >= 4 is 17.4 Å². The number of carbonyl (C=O) groups excluding carboxylic acids is 2. The van der Waals surface area contributed by atoms with Gasteiger partial charge >= 0.3 is 12.4 Å². The van der Waals surface area contributed by atoms with Crippen LogP contribution in [0.3, 0.4) is 0 Å². The normalized spacial score (nSPS) is 15.8. The molecule has 0 aromatic heterocycles. The summed E-state index contributed by atoms with van der Waals surface area (Å²) >= 11 is 0. The molecule has 0 radical (unpaired) electrons. The number of fused-ring (bicyclic) bond motifs is 1. The lowest BCUT2D eigenvalue weighted by atomic mass is 10.00. The molecule has 20 heavy (non-hydrogen) atoms. The van der Waals surface area contributed by atoms with Gasteiger partial charge < -0.3 is 4.90 Å². The lowest BCUT2D eigenvalue weighted by Gasteiger charge is -2.16. The van der Waals surface area contributed by atoms with Crippen LogP contribution < -0.4 is 4.90 Å². The number of Topliss-reactive ketones (excluding diaryl/α,β-unsaturated/α-hetero) is 1. The van der Waals surface area contributed by atoms with Crippen molar-refractivity contribution in [3.05, 3.63) is 28.8 Å². The van der Waals surface area contributed by atoms with Gasteiger partial charge in [0.25, 0.3) is 11.7 Å². The number of hydrogen-bond acceptors (Lipinski definition) is 2. The second-order valence-electron chi connectivity index (χ2n) is 4.11. The zero-order valence-electron chi connectivity index (χ0n) is 9.69. The van der Waals surface area contributed by atoms with Crippen molar-refractivity contribution in [3.63, 3.8) is 0 Å². The first kappa shape index (κ1) is 14.4. The Hall–Kier alpha value is -2.06. The Morgan fingerprint density at radius 1 is 0.950 bits per heavy atom. The number of nitrogens with zero attached hydrogens (tertiary/aromatic N) is 1. The lowest BCUT2D eigenvalue weighted by Crippen LogP contribution is -2.25. The van der Waals surface area contributed by atoms with Crippen molar-refractivity contribution in [2.45, 2.75) is 12.4 Å². The van der Waals surface area contributed by atoms with Gasteiger partial charge in [-0.25, -0.2) is 0 Å². The number of benzene rings is 1. The highest BCUT2D eigenvalue weighted by Crippen LogP contribution is 2.43. The van der Waals surface area contributed by atoms with Gasteiger partial charge in [0.05, 0.1) is 22.4 Å². The largest absolute Gasteiger partial charge is 0.417 e. The molecule has 108 valence electrons. The van der Waals surface area contributed by atoms with Crippen molar-refractivity contribution < 1.29 is 35.9 Å². The minimum Gasteiger partial charge on any atom is -0.308 e. The number of hydrogen-bond donors (Lipinski definition) is 0. The fourth-order valence-corrected chi connectivity index (χ4v) is 1.89. The Morgan fingerprint density at radius 2 is 1.50 bits per heavy atom. The van der Waals surface area contributed by atoms with Gasteiger partial charge in [-0.2, -0.15) is 26.3 Å². The topological polar surface area (TPSA) is 37.4 Å². The van der Waals surface area contributed by atoms with Gasteiger partial charge in [0.2, 0.25) is 0 Å². The first-order chi connectivity index (χ1) is 8.94. The molecule has 1 aromatic rings. The predicted octanol–water partition coefficient (Wildman–Crippen LogP) is 2.88. The molecular formula is C11H5F6NO2. The molecule has 3 nitrogen and oxygen atoms in total. The van der Waals surface area contributed by atoms with Crippen LogP contribution in [0.15, 0.2) is 12.1 Å². The van der Waals surface area contributed by atoms with Gasteiger partial charge in [-0.3, -0.25) is 9.59 Å². The van der Waals surface area contributed by atoms with E-state index in [0.717, 1.165) is 7.05 Å². The quantitative estimate of drug-likeness (QED) is 0.545. The third-order valence-corrected chi connectivity index (χ3v) is 2.84. The first-order valence-electron chi connectivity index (χ1n) is 5.09. The van der Waals surface area contributed by atoms with Crippen LogP contribution in [-0.2, 0) is 17.1 Å². The average molecular weight is 297 g/mol. The van der Waals surface area contributed by atoms with Crippen molar-refractivity contribution in [1.82, 2.24) is 0 Å². The first-order valence-corrected chi connectivity index (χ1v) is 5.09. The number of rotatable bonds is 0. The summed E-state index contributed by atoms with van der Waals surface area (Å²) in [6, 6.07) is 0.191. The summed E-state index contributed by atoms with van der Waals surface area (Å²) in [6.45, 7) is 0. The third-order valence-electron chi connectivity index (χ3n) is 2.84. The predicted molar refractivity (Wildman–Crippen MR) is 54.2 cm³/mol. The second-order valence-corrected chi connectivity index (χ2v) is 4.11. The van der Waals surface area contributed by atoms with E-state index in [1.165, 1.54) is 0 Å². The Balaban J connectivity index is 2.82. The van der Waals surface area contributed by atoms with E-state index in [9.17, 15) is 35.9 Å². The molecule has 0 N–H and O–H groups in total. The van der Waals surface area contributed by atoms with Crippen LogP contribution >= 0.6 is 0 Å². The summed E-state index contributed by atoms with van der Waals surface area (Å²) in [5, 5.41) is 0. The number of halogens is 6. The summed E-state index contributed by atoms with van der Waals surface area (Å²) in [5.41, 5.74) is -5.07. The summed E-state index contributed by atoms with van der Waals surface area (Å²) in [6.07, 6.45) is -10.2. The van der Waals surface area contributed by atoms with Crippen LogP contribution in [0.25, 0.3) is 0 Å². The zero-order valence-corrected chi connectivity index (χ0v) is 9.69. The smallest absolute Gasteiger partial charge is 0.308 e. The van der Waals surface area contributed by atoms with E-state index in [-0.39, 0.29) is 6.07 Å². The summed E-state index contributed by atoms with van der Waals surface area (Å²) in [7, 11) is 0.937. The summed E-state index contributed by atoms with van der Waals surface area (Å²) < 4.78 is 76.1. The second kappa shape index (κ2) is 3.97. The molecule has 0 unspecified atom stereocenters. The third kappa shape index (κ3) is 2.02.